The average Bonchev–Trinajstić information content (AvgIpc) is 2.47. The van der Waals surface area contributed by atoms with E-state index in [4.69, 9.17) is 0 Å². The van der Waals surface area contributed by atoms with E-state index in [-0.39, 0.29) is 12.0 Å². The van der Waals surface area contributed by atoms with Crippen LogP contribution in [-0.2, 0) is 4.79 Å². The number of amides is 1. The Morgan fingerprint density at radius 2 is 2.05 bits per heavy atom. The van der Waals surface area contributed by atoms with Crippen molar-refractivity contribution in [2.45, 2.75) is 18.9 Å². The topological polar surface area (TPSA) is 52.6 Å². The van der Waals surface area contributed by atoms with Crippen molar-refractivity contribution >= 4 is 22.4 Å². The molecule has 0 bridgehead atoms. The van der Waals surface area contributed by atoms with Crippen molar-refractivity contribution in [1.29, 1.82) is 0 Å². The summed E-state index contributed by atoms with van der Waals surface area (Å²) in [5.74, 6) is -0.0284. The van der Waals surface area contributed by atoms with Crippen LogP contribution in [0.3, 0.4) is 0 Å². The normalized spacial score (nSPS) is 19.6. The molecule has 1 amide bonds. The fourth-order valence-corrected chi connectivity index (χ4v) is 2.85. The monoisotopic (exact) mass is 284 g/mol. The quantitative estimate of drug-likeness (QED) is 0.909. The van der Waals surface area contributed by atoms with Crippen molar-refractivity contribution in [2.75, 3.05) is 25.0 Å². The lowest BCUT2D eigenvalue weighted by atomic mass is 10.1. The summed E-state index contributed by atoms with van der Waals surface area (Å²) in [5.41, 5.74) is 0.816. The van der Waals surface area contributed by atoms with Crippen molar-refractivity contribution in [2.24, 2.45) is 0 Å². The Morgan fingerprint density at radius 3 is 2.86 bits per heavy atom. The van der Waals surface area contributed by atoms with Gasteiger partial charge in [-0.3, -0.25) is 9.69 Å². The molecule has 1 unspecified atom stereocenters. The Labute approximate surface area is 124 Å². The molecule has 1 heterocycles. The molecule has 1 aliphatic rings. The van der Waals surface area contributed by atoms with Gasteiger partial charge in [-0.2, -0.15) is 0 Å². The molecule has 1 saturated heterocycles. The van der Waals surface area contributed by atoms with Gasteiger partial charge in [0.2, 0.25) is 5.91 Å². The van der Waals surface area contributed by atoms with E-state index >= 15 is 0 Å². The first-order chi connectivity index (χ1) is 10.2. The first-order valence-corrected chi connectivity index (χ1v) is 7.40. The fourth-order valence-electron chi connectivity index (χ4n) is 2.85. The van der Waals surface area contributed by atoms with Gasteiger partial charge in [0.05, 0.1) is 12.6 Å². The summed E-state index contributed by atoms with van der Waals surface area (Å²) in [5, 5.41) is 14.8. The number of rotatable bonds is 3. The number of β-amino-alcohol motifs (C(OH)–C–C–N with tert-alkyl or cyclic N) is 1. The van der Waals surface area contributed by atoms with Crippen LogP contribution in [0.4, 0.5) is 5.69 Å². The smallest absolute Gasteiger partial charge is 0.238 e. The zero-order chi connectivity index (χ0) is 14.7. The number of carbonyl (C=O) groups is 1. The Morgan fingerprint density at radius 1 is 1.24 bits per heavy atom. The van der Waals surface area contributed by atoms with Crippen LogP contribution < -0.4 is 5.32 Å². The van der Waals surface area contributed by atoms with E-state index in [1.54, 1.807) is 0 Å². The zero-order valence-electron chi connectivity index (χ0n) is 12.0. The van der Waals surface area contributed by atoms with Crippen LogP contribution in [0.15, 0.2) is 42.5 Å². The first-order valence-electron chi connectivity index (χ1n) is 7.40. The molecule has 0 spiro atoms. The Balaban J connectivity index is 1.63. The number of fused-ring (bicyclic) bond motifs is 1. The predicted octanol–water partition coefficient (Wildman–Crippen LogP) is 2.24. The van der Waals surface area contributed by atoms with Gasteiger partial charge in [0.1, 0.15) is 0 Å². The second-order valence-electron chi connectivity index (χ2n) is 5.64. The molecule has 0 aromatic heterocycles. The van der Waals surface area contributed by atoms with E-state index < -0.39 is 0 Å². The largest absolute Gasteiger partial charge is 0.392 e. The maximum absolute atomic E-state index is 12.1. The van der Waals surface area contributed by atoms with Crippen molar-refractivity contribution in [3.63, 3.8) is 0 Å². The molecular formula is C17H20N2O2. The predicted molar refractivity (Wildman–Crippen MR) is 84.3 cm³/mol. The van der Waals surface area contributed by atoms with Crippen LogP contribution >= 0.6 is 0 Å². The molecule has 1 fully saturated rings. The lowest BCUT2D eigenvalue weighted by Crippen LogP contribution is -2.42. The maximum Gasteiger partial charge on any atom is 0.238 e. The minimum atomic E-state index is -0.299. The lowest BCUT2D eigenvalue weighted by Gasteiger charge is -2.29. The zero-order valence-corrected chi connectivity index (χ0v) is 12.0. The summed E-state index contributed by atoms with van der Waals surface area (Å²) in [6.45, 7) is 1.80. The minimum absolute atomic E-state index is 0.0284. The van der Waals surface area contributed by atoms with E-state index in [2.05, 4.69) is 11.4 Å². The molecule has 0 radical (unpaired) electrons. The molecule has 1 atom stereocenters. The molecule has 2 aromatic carbocycles. The Hall–Kier alpha value is -1.91. The number of piperidine rings is 1. The summed E-state index contributed by atoms with van der Waals surface area (Å²) in [7, 11) is 0. The van der Waals surface area contributed by atoms with Crippen molar-refractivity contribution in [3.05, 3.63) is 42.5 Å². The highest BCUT2D eigenvalue weighted by Crippen LogP contribution is 2.19. The first kappa shape index (κ1) is 14.0. The molecular weight excluding hydrogens is 264 g/mol. The minimum Gasteiger partial charge on any atom is -0.392 e. The van der Waals surface area contributed by atoms with Crippen LogP contribution in [-0.4, -0.2) is 41.7 Å². The van der Waals surface area contributed by atoms with Crippen LogP contribution in [0.2, 0.25) is 0 Å². The molecule has 110 valence electrons. The molecule has 3 rings (SSSR count). The number of anilines is 1. The number of aliphatic hydroxyl groups excluding tert-OH is 1. The third-order valence-corrected chi connectivity index (χ3v) is 3.88. The Bertz CT molecular complexity index is 641. The van der Waals surface area contributed by atoms with E-state index in [0.717, 1.165) is 35.8 Å². The van der Waals surface area contributed by atoms with E-state index in [9.17, 15) is 9.90 Å². The van der Waals surface area contributed by atoms with Gasteiger partial charge in [0.15, 0.2) is 0 Å². The molecule has 2 aromatic rings. The van der Waals surface area contributed by atoms with Crippen molar-refractivity contribution in [3.8, 4) is 0 Å². The number of benzene rings is 2. The van der Waals surface area contributed by atoms with Gasteiger partial charge in [0, 0.05) is 12.2 Å². The number of nitrogens with one attached hydrogen (secondary N) is 1. The number of hydrogen-bond donors (Lipinski definition) is 2. The third-order valence-electron chi connectivity index (χ3n) is 3.88. The molecule has 4 nitrogen and oxygen atoms in total. The number of hydrogen-bond acceptors (Lipinski definition) is 3. The highest BCUT2D eigenvalue weighted by Gasteiger charge is 2.19. The standard InChI is InChI=1S/C17H20N2O2/c20-16-6-3-9-19(11-16)12-17(21)18-15-8-7-13-4-1-2-5-14(13)10-15/h1-2,4-5,7-8,10,16,20H,3,6,9,11-12H2,(H,18,21). The van der Waals surface area contributed by atoms with Crippen molar-refractivity contribution in [1.82, 2.24) is 4.90 Å². The second-order valence-corrected chi connectivity index (χ2v) is 5.64. The number of likely N-dealkylation sites (tertiary alicyclic amines) is 1. The maximum atomic E-state index is 12.1. The van der Waals surface area contributed by atoms with Gasteiger partial charge in [-0.15, -0.1) is 0 Å². The molecule has 1 aliphatic heterocycles. The highest BCUT2D eigenvalue weighted by molar-refractivity contribution is 5.95. The second kappa shape index (κ2) is 6.24. The number of carbonyl (C=O) groups excluding carboxylic acids is 1. The van der Waals surface area contributed by atoms with E-state index in [1.165, 1.54) is 0 Å². The summed E-state index contributed by atoms with van der Waals surface area (Å²) in [6, 6.07) is 14.0. The Kier molecular flexibility index (Phi) is 4.18. The molecule has 2 N–H and O–H groups in total. The summed E-state index contributed by atoms with van der Waals surface area (Å²) in [4.78, 5) is 14.1. The SMILES string of the molecule is O=C(CN1CCCC(O)C1)Nc1ccc2ccccc2c1. The van der Waals surface area contributed by atoms with Gasteiger partial charge in [-0.05, 0) is 42.3 Å². The number of aliphatic hydroxyl groups is 1. The molecule has 0 aliphatic carbocycles. The van der Waals surface area contributed by atoms with Crippen LogP contribution in [0.5, 0.6) is 0 Å². The summed E-state index contributed by atoms with van der Waals surface area (Å²) < 4.78 is 0. The van der Waals surface area contributed by atoms with Crippen molar-refractivity contribution < 1.29 is 9.90 Å². The van der Waals surface area contributed by atoms with Crippen LogP contribution in [0, 0.1) is 0 Å². The van der Waals surface area contributed by atoms with Crippen LogP contribution in [0.25, 0.3) is 10.8 Å². The van der Waals surface area contributed by atoms with Gasteiger partial charge >= 0.3 is 0 Å². The summed E-state index contributed by atoms with van der Waals surface area (Å²) in [6.07, 6.45) is 1.49. The average molecular weight is 284 g/mol. The highest BCUT2D eigenvalue weighted by atomic mass is 16.3. The van der Waals surface area contributed by atoms with Gasteiger partial charge in [0.25, 0.3) is 0 Å². The fraction of sp³-hybridized carbons (Fsp3) is 0.353. The third kappa shape index (κ3) is 3.60. The summed E-state index contributed by atoms with van der Waals surface area (Å²) >= 11 is 0. The lowest BCUT2D eigenvalue weighted by molar-refractivity contribution is -0.118. The molecule has 0 saturated carbocycles. The van der Waals surface area contributed by atoms with Gasteiger partial charge in [-0.25, -0.2) is 0 Å². The van der Waals surface area contributed by atoms with E-state index in [0.29, 0.717) is 13.1 Å². The number of nitrogens with zero attached hydrogens (tertiary/aromatic N) is 1. The van der Waals surface area contributed by atoms with Gasteiger partial charge in [-0.1, -0.05) is 30.3 Å². The van der Waals surface area contributed by atoms with Gasteiger partial charge < -0.3 is 10.4 Å². The van der Waals surface area contributed by atoms with E-state index in [1.807, 2.05) is 41.3 Å². The van der Waals surface area contributed by atoms with Crippen LogP contribution in [0.1, 0.15) is 12.8 Å². The molecule has 21 heavy (non-hydrogen) atoms. The molecule has 4 heteroatoms.